The molecule has 7 heteroatoms. The lowest BCUT2D eigenvalue weighted by Crippen LogP contribution is -2.44. The SMILES string of the molecule is CC1(C)OCC(C2OC3OC(C)(C)OC3C2OCCO)O1. The van der Waals surface area contributed by atoms with Crippen LogP contribution in [0.3, 0.4) is 0 Å². The van der Waals surface area contributed by atoms with Gasteiger partial charge in [0.15, 0.2) is 17.9 Å². The molecule has 3 aliphatic heterocycles. The monoisotopic (exact) mass is 304 g/mol. The zero-order valence-electron chi connectivity index (χ0n) is 12.9. The number of hydrogen-bond donors (Lipinski definition) is 1. The minimum Gasteiger partial charge on any atom is -0.394 e. The molecular formula is C14H24O7. The standard InChI is InChI=1S/C14H24O7/c1-13(2)17-7-8(19-13)9-10(16-6-5-15)11-12(18-9)21-14(3,4)20-11/h8-12,15H,5-7H2,1-4H3. The molecule has 5 atom stereocenters. The highest BCUT2D eigenvalue weighted by atomic mass is 16.8. The van der Waals surface area contributed by atoms with E-state index >= 15 is 0 Å². The molecule has 3 fully saturated rings. The Morgan fingerprint density at radius 1 is 1.05 bits per heavy atom. The minimum atomic E-state index is -0.701. The van der Waals surface area contributed by atoms with Crippen LogP contribution in [-0.4, -0.2) is 67.2 Å². The third-order valence-corrected chi connectivity index (χ3v) is 3.83. The fraction of sp³-hybridized carbons (Fsp3) is 1.00. The molecule has 0 aliphatic carbocycles. The third kappa shape index (κ3) is 3.10. The topological polar surface area (TPSA) is 75.6 Å². The maximum atomic E-state index is 9.01. The van der Waals surface area contributed by atoms with Gasteiger partial charge in [-0.15, -0.1) is 0 Å². The summed E-state index contributed by atoms with van der Waals surface area (Å²) in [5, 5.41) is 9.01. The number of ether oxygens (including phenoxy) is 6. The van der Waals surface area contributed by atoms with Gasteiger partial charge in [0.2, 0.25) is 0 Å². The fourth-order valence-electron chi connectivity index (χ4n) is 3.06. The summed E-state index contributed by atoms with van der Waals surface area (Å²) in [6.45, 7) is 7.99. The van der Waals surface area contributed by atoms with Crippen molar-refractivity contribution in [3.8, 4) is 0 Å². The van der Waals surface area contributed by atoms with Crippen molar-refractivity contribution in [2.45, 2.75) is 70.0 Å². The van der Waals surface area contributed by atoms with Gasteiger partial charge in [0.05, 0.1) is 19.8 Å². The molecule has 1 N–H and O–H groups in total. The molecule has 0 radical (unpaired) electrons. The average molecular weight is 304 g/mol. The van der Waals surface area contributed by atoms with Crippen molar-refractivity contribution in [2.75, 3.05) is 19.8 Å². The Morgan fingerprint density at radius 3 is 2.43 bits per heavy atom. The van der Waals surface area contributed by atoms with Gasteiger partial charge in [-0.3, -0.25) is 0 Å². The molecule has 0 aromatic heterocycles. The van der Waals surface area contributed by atoms with Crippen molar-refractivity contribution >= 4 is 0 Å². The van der Waals surface area contributed by atoms with E-state index in [-0.39, 0.29) is 37.6 Å². The van der Waals surface area contributed by atoms with E-state index < -0.39 is 17.9 Å². The first-order valence-corrected chi connectivity index (χ1v) is 7.37. The first-order valence-electron chi connectivity index (χ1n) is 7.37. The smallest absolute Gasteiger partial charge is 0.190 e. The zero-order chi connectivity index (χ0) is 15.3. The van der Waals surface area contributed by atoms with Crippen LogP contribution in [0.5, 0.6) is 0 Å². The van der Waals surface area contributed by atoms with E-state index in [4.69, 9.17) is 33.5 Å². The zero-order valence-corrected chi connectivity index (χ0v) is 12.9. The summed E-state index contributed by atoms with van der Waals surface area (Å²) < 4.78 is 34.8. The highest BCUT2D eigenvalue weighted by Crippen LogP contribution is 2.41. The molecule has 3 rings (SSSR count). The Balaban J connectivity index is 1.72. The summed E-state index contributed by atoms with van der Waals surface area (Å²) in [6, 6.07) is 0. The van der Waals surface area contributed by atoms with Crippen molar-refractivity contribution in [1.82, 2.24) is 0 Å². The lowest BCUT2D eigenvalue weighted by molar-refractivity contribution is -0.236. The molecule has 3 aliphatic rings. The predicted molar refractivity (Wildman–Crippen MR) is 70.4 cm³/mol. The van der Waals surface area contributed by atoms with Crippen molar-refractivity contribution in [3.63, 3.8) is 0 Å². The van der Waals surface area contributed by atoms with Gasteiger partial charge in [-0.05, 0) is 27.7 Å². The molecule has 0 bridgehead atoms. The lowest BCUT2D eigenvalue weighted by atomic mass is 10.1. The Morgan fingerprint density at radius 2 is 1.81 bits per heavy atom. The molecule has 3 saturated heterocycles. The number of hydrogen-bond acceptors (Lipinski definition) is 7. The van der Waals surface area contributed by atoms with Gasteiger partial charge >= 0.3 is 0 Å². The predicted octanol–water partition coefficient (Wildman–Crippen LogP) is 0.392. The number of rotatable bonds is 4. The normalized spacial score (nSPS) is 44.1. The molecular weight excluding hydrogens is 280 g/mol. The maximum Gasteiger partial charge on any atom is 0.190 e. The molecule has 0 aromatic carbocycles. The Hall–Kier alpha value is -0.280. The van der Waals surface area contributed by atoms with E-state index in [0.29, 0.717) is 6.61 Å². The largest absolute Gasteiger partial charge is 0.394 e. The number of aliphatic hydroxyl groups is 1. The van der Waals surface area contributed by atoms with Crippen LogP contribution in [0.15, 0.2) is 0 Å². The first kappa shape index (κ1) is 15.6. The van der Waals surface area contributed by atoms with Gasteiger partial charge in [-0.2, -0.15) is 0 Å². The molecule has 21 heavy (non-hydrogen) atoms. The number of fused-ring (bicyclic) bond motifs is 1. The van der Waals surface area contributed by atoms with Crippen LogP contribution in [0.4, 0.5) is 0 Å². The van der Waals surface area contributed by atoms with Crippen LogP contribution in [0, 0.1) is 0 Å². The highest BCUT2D eigenvalue weighted by molar-refractivity contribution is 4.98. The van der Waals surface area contributed by atoms with E-state index in [1.165, 1.54) is 0 Å². The van der Waals surface area contributed by atoms with Gasteiger partial charge in [0.25, 0.3) is 0 Å². The van der Waals surface area contributed by atoms with Crippen LogP contribution >= 0.6 is 0 Å². The van der Waals surface area contributed by atoms with Gasteiger partial charge in [-0.25, -0.2) is 0 Å². The summed E-state index contributed by atoms with van der Waals surface area (Å²) in [6.07, 6.45) is -1.76. The molecule has 122 valence electrons. The van der Waals surface area contributed by atoms with E-state index in [1.54, 1.807) is 0 Å². The molecule has 3 heterocycles. The summed E-state index contributed by atoms with van der Waals surface area (Å²) >= 11 is 0. The number of aliphatic hydroxyl groups excluding tert-OH is 1. The van der Waals surface area contributed by atoms with Crippen molar-refractivity contribution in [1.29, 1.82) is 0 Å². The van der Waals surface area contributed by atoms with Crippen molar-refractivity contribution in [3.05, 3.63) is 0 Å². The maximum absolute atomic E-state index is 9.01. The van der Waals surface area contributed by atoms with Gasteiger partial charge in [0, 0.05) is 0 Å². The quantitative estimate of drug-likeness (QED) is 0.805. The molecule has 7 nitrogen and oxygen atoms in total. The second-order valence-corrected chi connectivity index (χ2v) is 6.50. The minimum absolute atomic E-state index is 0.0572. The summed E-state index contributed by atoms with van der Waals surface area (Å²) in [7, 11) is 0. The third-order valence-electron chi connectivity index (χ3n) is 3.83. The molecule has 0 aromatic rings. The molecule has 0 spiro atoms. The van der Waals surface area contributed by atoms with E-state index in [1.807, 2.05) is 27.7 Å². The van der Waals surface area contributed by atoms with Crippen LogP contribution in [0.2, 0.25) is 0 Å². The van der Waals surface area contributed by atoms with Crippen LogP contribution in [0.25, 0.3) is 0 Å². The first-order chi connectivity index (χ1) is 9.81. The van der Waals surface area contributed by atoms with Crippen LogP contribution < -0.4 is 0 Å². The Labute approximate surface area is 124 Å². The Bertz CT molecular complexity index is 384. The van der Waals surface area contributed by atoms with Crippen molar-refractivity contribution < 1.29 is 33.5 Å². The van der Waals surface area contributed by atoms with Crippen molar-refractivity contribution in [2.24, 2.45) is 0 Å². The average Bonchev–Trinajstić information content (AvgIpc) is 2.96. The van der Waals surface area contributed by atoms with Crippen LogP contribution in [0.1, 0.15) is 27.7 Å². The molecule has 5 unspecified atom stereocenters. The van der Waals surface area contributed by atoms with Gasteiger partial charge in [-0.1, -0.05) is 0 Å². The highest BCUT2D eigenvalue weighted by Gasteiger charge is 2.58. The lowest BCUT2D eigenvalue weighted by Gasteiger charge is -2.28. The summed E-state index contributed by atoms with van der Waals surface area (Å²) in [5.74, 6) is -1.33. The van der Waals surface area contributed by atoms with E-state index in [2.05, 4.69) is 0 Å². The van der Waals surface area contributed by atoms with E-state index in [0.717, 1.165) is 0 Å². The summed E-state index contributed by atoms with van der Waals surface area (Å²) in [4.78, 5) is 0. The second-order valence-electron chi connectivity index (χ2n) is 6.50. The second kappa shape index (κ2) is 5.42. The van der Waals surface area contributed by atoms with Gasteiger partial charge < -0.3 is 33.5 Å². The van der Waals surface area contributed by atoms with Gasteiger partial charge in [0.1, 0.15) is 24.4 Å². The molecule has 0 saturated carbocycles. The molecule has 0 amide bonds. The summed E-state index contributed by atoms with van der Waals surface area (Å²) in [5.41, 5.74) is 0. The Kier molecular flexibility index (Phi) is 4.03. The fourth-order valence-corrected chi connectivity index (χ4v) is 3.06. The van der Waals surface area contributed by atoms with Crippen LogP contribution in [-0.2, 0) is 28.4 Å². The van der Waals surface area contributed by atoms with E-state index in [9.17, 15) is 0 Å².